The number of nitrogens with zero attached hydrogens (tertiary/aromatic N) is 2. The molecule has 1 aromatic carbocycles. The summed E-state index contributed by atoms with van der Waals surface area (Å²) in [5.74, 6) is -1.42. The molecule has 9 nitrogen and oxygen atoms in total. The summed E-state index contributed by atoms with van der Waals surface area (Å²) in [7, 11) is 2.39. The predicted octanol–water partition coefficient (Wildman–Crippen LogP) is 2.31. The van der Waals surface area contributed by atoms with E-state index < -0.39 is 16.9 Å². The Balaban J connectivity index is 2.48. The van der Waals surface area contributed by atoms with Gasteiger partial charge in [0, 0.05) is 24.0 Å². The van der Waals surface area contributed by atoms with Crippen LogP contribution in [0.4, 0.5) is 17.1 Å². The van der Waals surface area contributed by atoms with Gasteiger partial charge in [-0.3, -0.25) is 10.1 Å². The summed E-state index contributed by atoms with van der Waals surface area (Å²) in [5, 5.41) is 13.5. The van der Waals surface area contributed by atoms with Crippen LogP contribution in [0.5, 0.6) is 0 Å². The maximum Gasteiger partial charge on any atom is 0.358 e. The zero-order valence-electron chi connectivity index (χ0n) is 12.8. The summed E-state index contributed by atoms with van der Waals surface area (Å²) >= 11 is 0. The highest BCUT2D eigenvalue weighted by Gasteiger charge is 2.22. The fourth-order valence-corrected chi connectivity index (χ4v) is 1.93. The van der Waals surface area contributed by atoms with Gasteiger partial charge < -0.3 is 14.8 Å². The van der Waals surface area contributed by atoms with Crippen molar-refractivity contribution in [2.75, 3.05) is 19.5 Å². The number of pyridine rings is 1. The van der Waals surface area contributed by atoms with Crippen LogP contribution < -0.4 is 5.32 Å². The highest BCUT2D eigenvalue weighted by atomic mass is 16.6. The number of non-ortho nitro benzene ring substituents is 1. The molecule has 0 aliphatic carbocycles. The van der Waals surface area contributed by atoms with E-state index in [9.17, 15) is 19.7 Å². The molecule has 0 spiro atoms. The van der Waals surface area contributed by atoms with E-state index in [0.717, 1.165) is 0 Å². The zero-order valence-corrected chi connectivity index (χ0v) is 12.8. The molecule has 2 aromatic rings. The number of benzene rings is 1. The van der Waals surface area contributed by atoms with Crippen LogP contribution in [0.3, 0.4) is 0 Å². The lowest BCUT2D eigenvalue weighted by molar-refractivity contribution is -0.384. The van der Waals surface area contributed by atoms with Crippen molar-refractivity contribution in [1.29, 1.82) is 0 Å². The van der Waals surface area contributed by atoms with Crippen molar-refractivity contribution in [2.45, 2.75) is 0 Å². The number of esters is 2. The molecule has 0 saturated carbocycles. The Hall–Kier alpha value is -3.49. The van der Waals surface area contributed by atoms with Gasteiger partial charge >= 0.3 is 11.9 Å². The normalized spacial score (nSPS) is 9.92. The first-order valence-corrected chi connectivity index (χ1v) is 6.65. The number of carbonyl (C=O) groups is 2. The van der Waals surface area contributed by atoms with Crippen LogP contribution in [-0.2, 0) is 9.47 Å². The smallest absolute Gasteiger partial charge is 0.358 e. The molecular weight excluding hydrogens is 318 g/mol. The lowest BCUT2D eigenvalue weighted by Gasteiger charge is -2.13. The molecule has 0 bridgehead atoms. The molecule has 0 amide bonds. The van der Waals surface area contributed by atoms with E-state index in [2.05, 4.69) is 19.8 Å². The second-order valence-electron chi connectivity index (χ2n) is 4.49. The van der Waals surface area contributed by atoms with E-state index in [1.54, 1.807) is 0 Å². The van der Waals surface area contributed by atoms with Crippen molar-refractivity contribution in [1.82, 2.24) is 4.98 Å². The number of carbonyl (C=O) groups excluding carboxylic acids is 2. The van der Waals surface area contributed by atoms with Crippen molar-refractivity contribution in [3.63, 3.8) is 0 Å². The predicted molar refractivity (Wildman–Crippen MR) is 83.3 cm³/mol. The van der Waals surface area contributed by atoms with Crippen molar-refractivity contribution >= 4 is 29.0 Å². The van der Waals surface area contributed by atoms with Gasteiger partial charge in [0.1, 0.15) is 0 Å². The van der Waals surface area contributed by atoms with Crippen LogP contribution in [0.15, 0.2) is 36.5 Å². The zero-order chi connectivity index (χ0) is 17.7. The van der Waals surface area contributed by atoms with E-state index in [0.29, 0.717) is 5.69 Å². The SMILES string of the molecule is COC(=O)c1ccnc(C(=O)OC)c1Nc1ccc([N+](=O)[O-])cc1. The molecule has 2 rings (SSSR count). The van der Waals surface area contributed by atoms with Crippen molar-refractivity contribution in [3.05, 3.63) is 57.9 Å². The summed E-state index contributed by atoms with van der Waals surface area (Å²) in [6, 6.07) is 6.83. The minimum absolute atomic E-state index is 0.0752. The molecular formula is C15H13N3O6. The number of aromatic nitrogens is 1. The van der Waals surface area contributed by atoms with E-state index >= 15 is 0 Å². The Kier molecular flexibility index (Phi) is 5.05. The third-order valence-electron chi connectivity index (χ3n) is 3.08. The average Bonchev–Trinajstić information content (AvgIpc) is 2.61. The molecule has 0 radical (unpaired) electrons. The van der Waals surface area contributed by atoms with E-state index in [4.69, 9.17) is 0 Å². The molecule has 24 heavy (non-hydrogen) atoms. The number of nitrogens with one attached hydrogen (secondary N) is 1. The largest absolute Gasteiger partial charge is 0.465 e. The molecule has 0 aliphatic rings. The number of nitro benzene ring substituents is 1. The first kappa shape index (κ1) is 16.9. The number of rotatable bonds is 5. The molecule has 124 valence electrons. The summed E-state index contributed by atoms with van der Waals surface area (Å²) in [6.45, 7) is 0. The molecule has 1 heterocycles. The molecule has 1 N–H and O–H groups in total. The van der Waals surface area contributed by atoms with Crippen molar-refractivity contribution < 1.29 is 24.0 Å². The minimum atomic E-state index is -0.745. The topological polar surface area (TPSA) is 121 Å². The first-order valence-electron chi connectivity index (χ1n) is 6.65. The third-order valence-corrected chi connectivity index (χ3v) is 3.08. The Morgan fingerprint density at radius 1 is 1.08 bits per heavy atom. The molecule has 0 fully saturated rings. The first-order chi connectivity index (χ1) is 11.5. The average molecular weight is 331 g/mol. The van der Waals surface area contributed by atoms with Crippen molar-refractivity contribution in [3.8, 4) is 0 Å². The number of hydrogen-bond acceptors (Lipinski definition) is 8. The number of methoxy groups -OCH3 is 2. The van der Waals surface area contributed by atoms with Crippen LogP contribution >= 0.6 is 0 Å². The summed E-state index contributed by atoms with van der Waals surface area (Å²) in [4.78, 5) is 37.8. The van der Waals surface area contributed by atoms with Gasteiger partial charge in [-0.05, 0) is 18.2 Å². The molecule has 9 heteroatoms. The number of hydrogen-bond donors (Lipinski definition) is 1. The van der Waals surface area contributed by atoms with Crippen LogP contribution in [0, 0.1) is 10.1 Å². The molecule has 0 atom stereocenters. The highest BCUT2D eigenvalue weighted by molar-refractivity contribution is 6.03. The molecule has 0 saturated heterocycles. The molecule has 1 aromatic heterocycles. The number of nitro groups is 1. The Bertz CT molecular complexity index is 754. The fraction of sp³-hybridized carbons (Fsp3) is 0.133. The van der Waals surface area contributed by atoms with Gasteiger partial charge in [0.25, 0.3) is 5.69 Å². The lowest BCUT2D eigenvalue weighted by Crippen LogP contribution is -2.13. The molecule has 0 unspecified atom stereocenters. The monoisotopic (exact) mass is 331 g/mol. The second kappa shape index (κ2) is 7.18. The molecule has 0 aliphatic heterocycles. The standard InChI is InChI=1S/C15H13N3O6/c1-23-14(19)11-7-8-16-13(15(20)24-2)12(11)17-9-3-5-10(6-4-9)18(21)22/h3-8,17H,1-2H3. The quantitative estimate of drug-likeness (QED) is 0.503. The minimum Gasteiger partial charge on any atom is -0.465 e. The van der Waals surface area contributed by atoms with Gasteiger partial charge in [-0.2, -0.15) is 0 Å². The van der Waals surface area contributed by atoms with Gasteiger partial charge in [0.2, 0.25) is 0 Å². The maximum absolute atomic E-state index is 11.9. The van der Waals surface area contributed by atoms with Gasteiger partial charge in [0.05, 0.1) is 30.4 Å². The van der Waals surface area contributed by atoms with Crippen LogP contribution in [0.2, 0.25) is 0 Å². The van der Waals surface area contributed by atoms with Gasteiger partial charge in [-0.15, -0.1) is 0 Å². The van der Waals surface area contributed by atoms with E-state index in [1.807, 2.05) is 0 Å². The lowest BCUT2D eigenvalue weighted by atomic mass is 10.1. The van der Waals surface area contributed by atoms with Gasteiger partial charge in [-0.1, -0.05) is 0 Å². The Morgan fingerprint density at radius 2 is 1.71 bits per heavy atom. The summed E-state index contributed by atoms with van der Waals surface area (Å²) in [6.07, 6.45) is 1.28. The van der Waals surface area contributed by atoms with E-state index in [-0.39, 0.29) is 22.6 Å². The number of anilines is 2. The van der Waals surface area contributed by atoms with Crippen LogP contribution in [0.25, 0.3) is 0 Å². The Morgan fingerprint density at radius 3 is 2.25 bits per heavy atom. The van der Waals surface area contributed by atoms with E-state index in [1.165, 1.54) is 50.7 Å². The number of ether oxygens (including phenoxy) is 2. The summed E-state index contributed by atoms with van der Waals surface area (Å²) < 4.78 is 9.34. The van der Waals surface area contributed by atoms with Crippen molar-refractivity contribution in [2.24, 2.45) is 0 Å². The highest BCUT2D eigenvalue weighted by Crippen LogP contribution is 2.26. The van der Waals surface area contributed by atoms with Gasteiger partial charge in [0.15, 0.2) is 5.69 Å². The van der Waals surface area contributed by atoms with Crippen LogP contribution in [0.1, 0.15) is 20.8 Å². The Labute approximate surface area is 136 Å². The maximum atomic E-state index is 11.9. The third kappa shape index (κ3) is 3.46. The second-order valence-corrected chi connectivity index (χ2v) is 4.49. The summed E-state index contributed by atoms with van der Waals surface area (Å²) in [5.41, 5.74) is 0.382. The van der Waals surface area contributed by atoms with Gasteiger partial charge in [-0.25, -0.2) is 14.6 Å². The fourth-order valence-electron chi connectivity index (χ4n) is 1.93. The van der Waals surface area contributed by atoms with Crippen LogP contribution in [-0.4, -0.2) is 36.1 Å².